The molecule has 0 fully saturated rings. The van der Waals surface area contributed by atoms with Gasteiger partial charge in [-0.1, -0.05) is 12.2 Å². The molecule has 12 heavy (non-hydrogen) atoms. The molecule has 0 aliphatic carbocycles. The molecule has 0 aromatic carbocycles. The summed E-state index contributed by atoms with van der Waals surface area (Å²) in [5.74, 6) is 0.776. The van der Waals surface area contributed by atoms with E-state index >= 15 is 0 Å². The average Bonchev–Trinajstić information content (AvgIpc) is 2.04. The minimum Gasteiger partial charge on any atom is -0.496 e. The molecule has 0 saturated heterocycles. The second-order valence-corrected chi connectivity index (χ2v) is 2.85. The highest BCUT2D eigenvalue weighted by Gasteiger charge is 2.02. The second-order valence-electron chi connectivity index (χ2n) is 2.33. The van der Waals surface area contributed by atoms with Crippen LogP contribution in [0.25, 0.3) is 0 Å². The minimum absolute atomic E-state index is 0.446. The van der Waals surface area contributed by atoms with E-state index in [1.807, 2.05) is 0 Å². The van der Waals surface area contributed by atoms with Gasteiger partial charge in [0.1, 0.15) is 5.75 Å². The van der Waals surface area contributed by atoms with Crippen LogP contribution >= 0.6 is 12.2 Å². The van der Waals surface area contributed by atoms with E-state index in [-0.39, 0.29) is 0 Å². The van der Waals surface area contributed by atoms with Gasteiger partial charge in [-0.3, -0.25) is 4.98 Å². The first kappa shape index (κ1) is 8.93. The van der Waals surface area contributed by atoms with Gasteiger partial charge in [0.25, 0.3) is 0 Å². The van der Waals surface area contributed by atoms with Gasteiger partial charge in [0, 0.05) is 24.4 Å². The van der Waals surface area contributed by atoms with Gasteiger partial charge in [0.05, 0.1) is 12.1 Å². The van der Waals surface area contributed by atoms with E-state index in [9.17, 15) is 0 Å². The fraction of sp³-hybridized carbons (Fsp3) is 0.250. The van der Waals surface area contributed by atoms with Crippen molar-refractivity contribution in [2.75, 3.05) is 7.11 Å². The molecule has 1 rings (SSSR count). The van der Waals surface area contributed by atoms with Crippen LogP contribution in [0.4, 0.5) is 0 Å². The lowest BCUT2D eigenvalue weighted by molar-refractivity contribution is 0.410. The van der Waals surface area contributed by atoms with E-state index in [0.29, 0.717) is 11.4 Å². The largest absolute Gasteiger partial charge is 0.496 e. The molecular weight excluding hydrogens is 172 g/mol. The second kappa shape index (κ2) is 4.01. The van der Waals surface area contributed by atoms with Crippen LogP contribution in [0.15, 0.2) is 18.5 Å². The monoisotopic (exact) mass is 182 g/mol. The van der Waals surface area contributed by atoms with Crippen molar-refractivity contribution in [2.45, 2.75) is 6.42 Å². The Balaban J connectivity index is 2.89. The Morgan fingerprint density at radius 2 is 2.50 bits per heavy atom. The summed E-state index contributed by atoms with van der Waals surface area (Å²) in [6, 6.07) is 1.79. The maximum Gasteiger partial charge on any atom is 0.125 e. The number of pyridine rings is 1. The SMILES string of the molecule is COc1ccncc1CC(N)=S. The molecule has 0 atom stereocenters. The first-order chi connectivity index (χ1) is 5.74. The molecule has 0 saturated carbocycles. The predicted octanol–water partition coefficient (Wildman–Crippen LogP) is 0.919. The molecule has 1 heterocycles. The van der Waals surface area contributed by atoms with Crippen molar-refractivity contribution in [1.29, 1.82) is 0 Å². The molecule has 0 unspecified atom stereocenters. The van der Waals surface area contributed by atoms with Crippen LogP contribution in [-0.4, -0.2) is 17.1 Å². The van der Waals surface area contributed by atoms with Crippen LogP contribution < -0.4 is 10.5 Å². The molecule has 0 radical (unpaired) electrons. The van der Waals surface area contributed by atoms with Crippen LogP contribution in [0.2, 0.25) is 0 Å². The number of thiocarbonyl (C=S) groups is 1. The maximum atomic E-state index is 5.40. The van der Waals surface area contributed by atoms with Crippen molar-refractivity contribution in [2.24, 2.45) is 5.73 Å². The van der Waals surface area contributed by atoms with Gasteiger partial charge in [-0.25, -0.2) is 0 Å². The number of hydrogen-bond acceptors (Lipinski definition) is 3. The molecule has 1 aromatic rings. The fourth-order valence-electron chi connectivity index (χ4n) is 0.934. The standard InChI is InChI=1S/C8H10N2OS/c1-11-7-2-3-10-5-6(7)4-8(9)12/h2-3,5H,4H2,1H3,(H2,9,12). The molecule has 0 aliphatic heterocycles. The van der Waals surface area contributed by atoms with Crippen molar-refractivity contribution in [3.63, 3.8) is 0 Å². The molecule has 4 heteroatoms. The third-order valence-corrected chi connectivity index (χ3v) is 1.59. The number of ether oxygens (including phenoxy) is 1. The Hall–Kier alpha value is -1.16. The number of nitrogens with two attached hydrogens (primary N) is 1. The highest BCUT2D eigenvalue weighted by molar-refractivity contribution is 7.80. The Labute approximate surface area is 76.6 Å². The quantitative estimate of drug-likeness (QED) is 0.706. The highest BCUT2D eigenvalue weighted by atomic mass is 32.1. The van der Waals surface area contributed by atoms with E-state index in [4.69, 9.17) is 22.7 Å². The van der Waals surface area contributed by atoms with E-state index in [1.54, 1.807) is 25.6 Å². The van der Waals surface area contributed by atoms with Crippen LogP contribution in [0.5, 0.6) is 5.75 Å². The number of methoxy groups -OCH3 is 1. The van der Waals surface area contributed by atoms with Gasteiger partial charge < -0.3 is 10.5 Å². The Morgan fingerprint density at radius 1 is 1.75 bits per heavy atom. The maximum absolute atomic E-state index is 5.40. The van der Waals surface area contributed by atoms with Gasteiger partial charge in [-0.15, -0.1) is 0 Å². The molecule has 1 aromatic heterocycles. The van der Waals surface area contributed by atoms with Gasteiger partial charge in [-0.05, 0) is 6.07 Å². The molecule has 0 spiro atoms. The van der Waals surface area contributed by atoms with Crippen LogP contribution in [0.1, 0.15) is 5.56 Å². The average molecular weight is 182 g/mol. The fourth-order valence-corrected chi connectivity index (χ4v) is 1.09. The van der Waals surface area contributed by atoms with Crippen LogP contribution in [-0.2, 0) is 6.42 Å². The van der Waals surface area contributed by atoms with E-state index < -0.39 is 0 Å². The normalized spacial score (nSPS) is 9.42. The van der Waals surface area contributed by atoms with Crippen molar-refractivity contribution in [3.05, 3.63) is 24.0 Å². The lowest BCUT2D eigenvalue weighted by Crippen LogP contribution is -2.11. The zero-order chi connectivity index (χ0) is 8.97. The topological polar surface area (TPSA) is 48.1 Å². The highest BCUT2D eigenvalue weighted by Crippen LogP contribution is 2.15. The van der Waals surface area contributed by atoms with Crippen molar-refractivity contribution < 1.29 is 4.74 Å². The number of aromatic nitrogens is 1. The first-order valence-electron chi connectivity index (χ1n) is 3.49. The van der Waals surface area contributed by atoms with E-state index in [0.717, 1.165) is 11.3 Å². The third-order valence-electron chi connectivity index (χ3n) is 1.44. The molecule has 64 valence electrons. The van der Waals surface area contributed by atoms with E-state index in [2.05, 4.69) is 4.98 Å². The van der Waals surface area contributed by atoms with Crippen molar-refractivity contribution in [3.8, 4) is 5.75 Å². The summed E-state index contributed by atoms with van der Waals surface area (Å²) in [7, 11) is 1.61. The van der Waals surface area contributed by atoms with Crippen molar-refractivity contribution >= 4 is 17.2 Å². The zero-order valence-corrected chi connectivity index (χ0v) is 7.60. The Bertz CT molecular complexity index is 288. The van der Waals surface area contributed by atoms with E-state index in [1.165, 1.54) is 0 Å². The zero-order valence-electron chi connectivity index (χ0n) is 6.78. The third kappa shape index (κ3) is 2.17. The summed E-state index contributed by atoms with van der Waals surface area (Å²) in [5.41, 5.74) is 6.32. The lowest BCUT2D eigenvalue weighted by atomic mass is 10.2. The number of rotatable bonds is 3. The molecule has 0 amide bonds. The minimum atomic E-state index is 0.446. The lowest BCUT2D eigenvalue weighted by Gasteiger charge is -2.05. The summed E-state index contributed by atoms with van der Waals surface area (Å²) < 4.78 is 5.09. The van der Waals surface area contributed by atoms with Gasteiger partial charge in [0.15, 0.2) is 0 Å². The predicted molar refractivity (Wildman–Crippen MR) is 51.3 cm³/mol. The summed E-state index contributed by atoms with van der Waals surface area (Å²) in [5, 5.41) is 0. The Morgan fingerprint density at radius 3 is 3.08 bits per heavy atom. The van der Waals surface area contributed by atoms with Gasteiger partial charge in [-0.2, -0.15) is 0 Å². The molecule has 3 nitrogen and oxygen atoms in total. The molecule has 0 aliphatic rings. The van der Waals surface area contributed by atoms with Gasteiger partial charge in [0.2, 0.25) is 0 Å². The van der Waals surface area contributed by atoms with Crippen molar-refractivity contribution in [1.82, 2.24) is 4.98 Å². The number of hydrogen-bond donors (Lipinski definition) is 1. The first-order valence-corrected chi connectivity index (χ1v) is 3.90. The van der Waals surface area contributed by atoms with Crippen LogP contribution in [0, 0.1) is 0 Å². The summed E-state index contributed by atoms with van der Waals surface area (Å²) >= 11 is 4.78. The summed E-state index contributed by atoms with van der Waals surface area (Å²) in [6.07, 6.45) is 3.91. The summed E-state index contributed by atoms with van der Waals surface area (Å²) in [4.78, 5) is 4.40. The summed E-state index contributed by atoms with van der Waals surface area (Å²) in [6.45, 7) is 0. The molecule has 2 N–H and O–H groups in total. The smallest absolute Gasteiger partial charge is 0.125 e. The Kier molecular flexibility index (Phi) is 2.99. The number of nitrogens with zero attached hydrogens (tertiary/aromatic N) is 1. The van der Waals surface area contributed by atoms with Gasteiger partial charge >= 0.3 is 0 Å². The molecular formula is C8H10N2OS. The van der Waals surface area contributed by atoms with Crippen LogP contribution in [0.3, 0.4) is 0 Å². The molecule has 0 bridgehead atoms.